The van der Waals surface area contributed by atoms with Crippen molar-refractivity contribution in [2.24, 2.45) is 9.98 Å². The van der Waals surface area contributed by atoms with Gasteiger partial charge in [0.1, 0.15) is 0 Å². The molecule has 0 aliphatic carbocycles. The molecule has 0 bridgehead atoms. The van der Waals surface area contributed by atoms with Crippen molar-refractivity contribution in [1.29, 1.82) is 0 Å². The van der Waals surface area contributed by atoms with Crippen LogP contribution in [-0.4, -0.2) is 17.5 Å². The zero-order valence-corrected chi connectivity index (χ0v) is 22.0. The van der Waals surface area contributed by atoms with Crippen LogP contribution in [0.4, 0.5) is 5.69 Å². The van der Waals surface area contributed by atoms with Gasteiger partial charge in [0.05, 0.1) is 22.5 Å². The topological polar surface area (TPSA) is 41.8 Å². The number of hydrogen-bond acceptors (Lipinski definition) is 2. The van der Waals surface area contributed by atoms with E-state index in [2.05, 4.69) is 15.9 Å². The molecule has 0 saturated heterocycles. The SMILES string of the molecule is Cc1ccc(C(=NC(=O)c2ccccc2N=C=C(c2ccccc2)c2ccccc2)c2ccc(C)cc2)cc1. The predicted molar refractivity (Wildman–Crippen MR) is 161 cm³/mol. The van der Waals surface area contributed by atoms with Crippen molar-refractivity contribution < 1.29 is 4.79 Å². The number of aryl methyl sites for hydroxylation is 2. The minimum Gasteiger partial charge on any atom is -0.267 e. The van der Waals surface area contributed by atoms with Gasteiger partial charge in [-0.3, -0.25) is 4.79 Å². The minimum atomic E-state index is -0.353. The first kappa shape index (κ1) is 25.5. The molecule has 3 nitrogen and oxygen atoms in total. The van der Waals surface area contributed by atoms with Gasteiger partial charge in [0.25, 0.3) is 5.91 Å². The van der Waals surface area contributed by atoms with E-state index in [9.17, 15) is 4.79 Å². The van der Waals surface area contributed by atoms with Crippen molar-refractivity contribution in [3.05, 3.63) is 172 Å². The molecule has 0 saturated carbocycles. The zero-order valence-electron chi connectivity index (χ0n) is 22.0. The Morgan fingerprint density at radius 3 is 1.51 bits per heavy atom. The number of hydrogen-bond donors (Lipinski definition) is 0. The Kier molecular flexibility index (Phi) is 7.83. The Morgan fingerprint density at radius 1 is 0.538 bits per heavy atom. The first-order valence-electron chi connectivity index (χ1n) is 12.9. The molecule has 3 heteroatoms. The van der Waals surface area contributed by atoms with Gasteiger partial charge in [0.2, 0.25) is 0 Å². The summed E-state index contributed by atoms with van der Waals surface area (Å²) >= 11 is 0. The number of carbonyl (C=O) groups excluding carboxylic acids is 1. The molecule has 188 valence electrons. The fourth-order valence-corrected chi connectivity index (χ4v) is 4.25. The number of aliphatic imine (C=N–C) groups is 2. The first-order valence-corrected chi connectivity index (χ1v) is 12.9. The third-order valence-electron chi connectivity index (χ3n) is 6.41. The second-order valence-corrected chi connectivity index (χ2v) is 9.35. The van der Waals surface area contributed by atoms with Gasteiger partial charge in [-0.15, -0.1) is 0 Å². The second-order valence-electron chi connectivity index (χ2n) is 9.35. The Bertz CT molecular complexity index is 1590. The summed E-state index contributed by atoms with van der Waals surface area (Å²) in [5.41, 5.74) is 8.46. The number of nitrogens with zero attached hydrogens (tertiary/aromatic N) is 2. The van der Waals surface area contributed by atoms with Gasteiger partial charge < -0.3 is 0 Å². The highest BCUT2D eigenvalue weighted by Gasteiger charge is 2.14. The van der Waals surface area contributed by atoms with E-state index in [1.807, 2.05) is 141 Å². The molecular weight excluding hydrogens is 476 g/mol. The van der Waals surface area contributed by atoms with Gasteiger partial charge in [-0.2, -0.15) is 0 Å². The molecule has 0 aromatic heterocycles. The van der Waals surface area contributed by atoms with Crippen LogP contribution in [0.3, 0.4) is 0 Å². The van der Waals surface area contributed by atoms with Crippen molar-refractivity contribution in [3.8, 4) is 0 Å². The third-order valence-corrected chi connectivity index (χ3v) is 6.41. The number of benzene rings is 5. The van der Waals surface area contributed by atoms with E-state index in [1.165, 1.54) is 0 Å². The molecule has 0 fully saturated rings. The highest BCUT2D eigenvalue weighted by molar-refractivity contribution is 6.19. The summed E-state index contributed by atoms with van der Waals surface area (Å²) in [4.78, 5) is 23.0. The molecule has 0 unspecified atom stereocenters. The molecule has 0 N–H and O–H groups in total. The van der Waals surface area contributed by atoms with Crippen LogP contribution >= 0.6 is 0 Å². The smallest absolute Gasteiger partial charge is 0.267 e. The molecule has 0 atom stereocenters. The molecule has 0 radical (unpaired) electrons. The Balaban J connectivity index is 1.60. The normalized spacial score (nSPS) is 10.3. The number of carbonyl (C=O) groups is 1. The van der Waals surface area contributed by atoms with Gasteiger partial charge in [-0.05, 0) is 43.0 Å². The lowest BCUT2D eigenvalue weighted by Gasteiger charge is -2.09. The zero-order chi connectivity index (χ0) is 27.0. The van der Waals surface area contributed by atoms with Crippen LogP contribution in [0.5, 0.6) is 0 Å². The summed E-state index contributed by atoms with van der Waals surface area (Å²) in [5.74, 6) is 2.88. The standard InChI is InChI=1S/C36H28N2O/c1-26-17-21-30(22-18-26)35(31-23-19-27(2)20-24-31)38-36(39)32-15-9-10-16-34(32)37-25-33(28-11-5-3-6-12-28)29-13-7-4-8-14-29/h3-24H,1-2H3. The predicted octanol–water partition coefficient (Wildman–Crippen LogP) is 8.41. The van der Waals surface area contributed by atoms with Crippen molar-refractivity contribution in [3.63, 3.8) is 0 Å². The van der Waals surface area contributed by atoms with E-state index in [0.717, 1.165) is 39.0 Å². The van der Waals surface area contributed by atoms with Gasteiger partial charge in [-0.1, -0.05) is 132 Å². The van der Waals surface area contributed by atoms with Crippen LogP contribution in [0.1, 0.15) is 43.7 Å². The first-order chi connectivity index (χ1) is 19.1. The van der Waals surface area contributed by atoms with Gasteiger partial charge in [-0.25, -0.2) is 9.98 Å². The largest absolute Gasteiger partial charge is 0.279 e. The van der Waals surface area contributed by atoms with Gasteiger partial charge >= 0.3 is 0 Å². The third kappa shape index (κ3) is 6.24. The average Bonchev–Trinajstić information content (AvgIpc) is 2.98. The molecule has 0 aliphatic rings. The maximum absolute atomic E-state index is 13.7. The molecule has 0 spiro atoms. The van der Waals surface area contributed by atoms with E-state index >= 15 is 0 Å². The Hall–Kier alpha value is -5.11. The van der Waals surface area contributed by atoms with Crippen molar-refractivity contribution in [2.45, 2.75) is 13.8 Å². The van der Waals surface area contributed by atoms with E-state index in [4.69, 9.17) is 0 Å². The monoisotopic (exact) mass is 504 g/mol. The summed E-state index contributed by atoms with van der Waals surface area (Å²) in [5, 5.41) is 0. The number of amides is 1. The summed E-state index contributed by atoms with van der Waals surface area (Å²) in [6, 6.07) is 43.4. The van der Waals surface area contributed by atoms with Crippen LogP contribution in [0, 0.1) is 13.8 Å². The highest BCUT2D eigenvalue weighted by atomic mass is 16.1. The van der Waals surface area contributed by atoms with Crippen LogP contribution < -0.4 is 0 Å². The van der Waals surface area contributed by atoms with E-state index < -0.39 is 0 Å². The lowest BCUT2D eigenvalue weighted by molar-refractivity contribution is 0.100. The molecular formula is C36H28N2O. The number of para-hydroxylation sites is 1. The summed E-state index contributed by atoms with van der Waals surface area (Å²) in [7, 11) is 0. The maximum Gasteiger partial charge on any atom is 0.279 e. The van der Waals surface area contributed by atoms with E-state index in [0.29, 0.717) is 17.0 Å². The fourth-order valence-electron chi connectivity index (χ4n) is 4.25. The fraction of sp³-hybridized carbons (Fsp3) is 0.0556. The van der Waals surface area contributed by atoms with Crippen LogP contribution in [0.2, 0.25) is 0 Å². The molecule has 5 rings (SSSR count). The van der Waals surface area contributed by atoms with E-state index in [1.54, 1.807) is 6.07 Å². The highest BCUT2D eigenvalue weighted by Crippen LogP contribution is 2.24. The van der Waals surface area contributed by atoms with Crippen molar-refractivity contribution >= 4 is 28.7 Å². The molecule has 5 aromatic rings. The Morgan fingerprint density at radius 2 is 1.00 bits per heavy atom. The van der Waals surface area contributed by atoms with Crippen molar-refractivity contribution in [1.82, 2.24) is 0 Å². The summed E-state index contributed by atoms with van der Waals surface area (Å²) < 4.78 is 0. The van der Waals surface area contributed by atoms with Gasteiger partial charge in [0.15, 0.2) is 0 Å². The molecule has 0 aliphatic heterocycles. The van der Waals surface area contributed by atoms with Crippen LogP contribution in [-0.2, 0) is 0 Å². The average molecular weight is 505 g/mol. The van der Waals surface area contributed by atoms with Crippen LogP contribution in [0.25, 0.3) is 5.57 Å². The molecule has 1 amide bonds. The molecule has 0 heterocycles. The van der Waals surface area contributed by atoms with E-state index in [-0.39, 0.29) is 5.91 Å². The summed E-state index contributed by atoms with van der Waals surface area (Å²) in [6.45, 7) is 4.08. The minimum absolute atomic E-state index is 0.353. The van der Waals surface area contributed by atoms with Crippen LogP contribution in [0.15, 0.2) is 143 Å². The maximum atomic E-state index is 13.7. The lowest BCUT2D eigenvalue weighted by atomic mass is 9.99. The van der Waals surface area contributed by atoms with Gasteiger partial charge in [0, 0.05) is 11.1 Å². The Labute approximate surface area is 229 Å². The number of rotatable bonds is 6. The molecule has 5 aromatic carbocycles. The second kappa shape index (κ2) is 12.0. The van der Waals surface area contributed by atoms with Crippen molar-refractivity contribution in [2.75, 3.05) is 0 Å². The quantitative estimate of drug-likeness (QED) is 0.214. The lowest BCUT2D eigenvalue weighted by Crippen LogP contribution is -2.08. The molecule has 39 heavy (non-hydrogen) atoms. The summed E-state index contributed by atoms with van der Waals surface area (Å²) in [6.07, 6.45) is 0.